The molecule has 1 aromatic rings. The van der Waals surface area contributed by atoms with Crippen molar-refractivity contribution in [3.05, 3.63) is 34.4 Å². The van der Waals surface area contributed by atoms with E-state index in [2.05, 4.69) is 16.8 Å². The Labute approximate surface area is 145 Å². The molecule has 2 atom stereocenters. The van der Waals surface area contributed by atoms with Gasteiger partial charge in [-0.3, -0.25) is 14.9 Å². The van der Waals surface area contributed by atoms with Gasteiger partial charge in [0.25, 0.3) is 5.69 Å². The van der Waals surface area contributed by atoms with Crippen molar-refractivity contribution in [3.8, 4) is 0 Å². The Hall–Kier alpha value is -2.09. The topological polar surface area (TPSA) is 85.0 Å². The summed E-state index contributed by atoms with van der Waals surface area (Å²) in [5, 5.41) is 11.2. The lowest BCUT2D eigenvalue weighted by Gasteiger charge is -2.24. The van der Waals surface area contributed by atoms with Crippen LogP contribution >= 0.6 is 11.8 Å². The fourth-order valence-electron chi connectivity index (χ4n) is 2.46. The SMILES string of the molecule is CCCCN1C(=Nc2ccc([N+](=O)[O-])cc2)S[C@H](C(=O)OC)[C@@H]1C. The number of thioether (sulfide) groups is 1. The highest BCUT2D eigenvalue weighted by Crippen LogP contribution is 2.34. The third-order valence-corrected chi connectivity index (χ3v) is 5.26. The number of nitrogens with zero attached hydrogens (tertiary/aromatic N) is 3. The largest absolute Gasteiger partial charge is 0.468 e. The van der Waals surface area contributed by atoms with Crippen LogP contribution in [0, 0.1) is 10.1 Å². The second-order valence-electron chi connectivity index (χ2n) is 5.52. The molecule has 0 aromatic heterocycles. The molecule has 1 aromatic carbocycles. The molecular formula is C16H21N3O4S. The number of carbonyl (C=O) groups is 1. The average Bonchev–Trinajstić information content (AvgIpc) is 2.88. The van der Waals surface area contributed by atoms with Crippen LogP contribution in [0.5, 0.6) is 0 Å². The van der Waals surface area contributed by atoms with Gasteiger partial charge in [0.1, 0.15) is 5.25 Å². The lowest BCUT2D eigenvalue weighted by Crippen LogP contribution is -2.38. The predicted octanol–water partition coefficient (Wildman–Crippen LogP) is 3.36. The Kier molecular flexibility index (Phi) is 6.19. The van der Waals surface area contributed by atoms with Crippen molar-refractivity contribution in [3.63, 3.8) is 0 Å². The first kappa shape index (κ1) is 18.3. The zero-order valence-electron chi connectivity index (χ0n) is 14.0. The van der Waals surface area contributed by atoms with E-state index >= 15 is 0 Å². The molecule has 24 heavy (non-hydrogen) atoms. The van der Waals surface area contributed by atoms with Gasteiger partial charge in [-0.05, 0) is 25.5 Å². The maximum Gasteiger partial charge on any atom is 0.321 e. The molecule has 1 aliphatic heterocycles. The van der Waals surface area contributed by atoms with Crippen LogP contribution in [0.25, 0.3) is 0 Å². The van der Waals surface area contributed by atoms with E-state index in [4.69, 9.17) is 4.74 Å². The molecule has 7 nitrogen and oxygen atoms in total. The Morgan fingerprint density at radius 1 is 1.42 bits per heavy atom. The van der Waals surface area contributed by atoms with Crippen LogP contribution in [0.4, 0.5) is 11.4 Å². The fourth-order valence-corrected chi connectivity index (χ4v) is 3.77. The summed E-state index contributed by atoms with van der Waals surface area (Å²) < 4.78 is 4.88. The molecule has 0 amide bonds. The highest BCUT2D eigenvalue weighted by molar-refractivity contribution is 8.15. The number of methoxy groups -OCH3 is 1. The number of hydrogen-bond acceptors (Lipinski definition) is 6. The maximum absolute atomic E-state index is 12.0. The number of hydrogen-bond donors (Lipinski definition) is 0. The second kappa shape index (κ2) is 8.14. The minimum Gasteiger partial charge on any atom is -0.468 e. The normalized spacial score (nSPS) is 22.0. The van der Waals surface area contributed by atoms with Crippen molar-refractivity contribution in [2.45, 2.75) is 38.0 Å². The quantitative estimate of drug-likeness (QED) is 0.444. The van der Waals surface area contributed by atoms with E-state index in [1.807, 2.05) is 6.92 Å². The maximum atomic E-state index is 12.0. The van der Waals surface area contributed by atoms with Gasteiger partial charge >= 0.3 is 5.97 Å². The summed E-state index contributed by atoms with van der Waals surface area (Å²) in [6, 6.07) is 6.07. The monoisotopic (exact) mass is 351 g/mol. The van der Waals surface area contributed by atoms with Gasteiger partial charge in [0.05, 0.1) is 23.8 Å². The summed E-state index contributed by atoms with van der Waals surface area (Å²) in [4.78, 5) is 28.9. The van der Waals surface area contributed by atoms with Crippen LogP contribution in [0.15, 0.2) is 29.3 Å². The molecule has 0 aliphatic carbocycles. The van der Waals surface area contributed by atoms with Gasteiger partial charge in [-0.1, -0.05) is 25.1 Å². The number of rotatable bonds is 6. The third-order valence-electron chi connectivity index (χ3n) is 3.88. The van der Waals surface area contributed by atoms with Crippen molar-refractivity contribution in [1.29, 1.82) is 0 Å². The van der Waals surface area contributed by atoms with E-state index in [0.29, 0.717) is 5.69 Å². The number of ether oxygens (including phenoxy) is 1. The van der Waals surface area contributed by atoms with Crippen LogP contribution in [0.1, 0.15) is 26.7 Å². The van der Waals surface area contributed by atoms with Crippen LogP contribution in [0.2, 0.25) is 0 Å². The summed E-state index contributed by atoms with van der Waals surface area (Å²) in [7, 11) is 1.39. The molecule has 0 unspecified atom stereocenters. The second-order valence-corrected chi connectivity index (χ2v) is 6.63. The molecule has 0 saturated carbocycles. The Balaban J connectivity index is 2.26. The molecule has 8 heteroatoms. The number of nitro groups is 1. The Morgan fingerprint density at radius 3 is 2.62 bits per heavy atom. The molecule has 1 heterocycles. The lowest BCUT2D eigenvalue weighted by molar-refractivity contribution is -0.384. The van der Waals surface area contributed by atoms with Gasteiger partial charge in [-0.25, -0.2) is 4.99 Å². The van der Waals surface area contributed by atoms with Gasteiger partial charge in [-0.2, -0.15) is 0 Å². The van der Waals surface area contributed by atoms with E-state index in [9.17, 15) is 14.9 Å². The number of unbranched alkanes of at least 4 members (excludes halogenated alkanes) is 1. The van der Waals surface area contributed by atoms with Gasteiger partial charge in [0.2, 0.25) is 0 Å². The van der Waals surface area contributed by atoms with Gasteiger partial charge in [0.15, 0.2) is 5.17 Å². The van der Waals surface area contributed by atoms with E-state index in [1.165, 1.54) is 31.0 Å². The first-order chi connectivity index (χ1) is 11.5. The van der Waals surface area contributed by atoms with Crippen molar-refractivity contribution in [2.24, 2.45) is 4.99 Å². The van der Waals surface area contributed by atoms with Crippen LogP contribution < -0.4 is 0 Å². The standard InChI is InChI=1S/C16H21N3O4S/c1-4-5-10-18-11(2)14(15(20)23-3)24-16(18)17-12-6-8-13(9-7-12)19(21)22/h6-9,11,14H,4-5,10H2,1-3H3/t11-,14-/m0/s1. The van der Waals surface area contributed by atoms with Gasteiger partial charge in [-0.15, -0.1) is 0 Å². The Bertz CT molecular complexity index is 633. The molecule has 0 radical (unpaired) electrons. The minimum atomic E-state index is -0.440. The minimum absolute atomic E-state index is 0.00852. The van der Waals surface area contributed by atoms with E-state index in [0.717, 1.165) is 24.6 Å². The predicted molar refractivity (Wildman–Crippen MR) is 94.7 cm³/mol. The number of non-ortho nitro benzene ring substituents is 1. The lowest BCUT2D eigenvalue weighted by atomic mass is 10.2. The van der Waals surface area contributed by atoms with Crippen molar-refractivity contribution in [1.82, 2.24) is 4.90 Å². The van der Waals surface area contributed by atoms with E-state index < -0.39 is 4.92 Å². The van der Waals surface area contributed by atoms with Gasteiger partial charge < -0.3 is 9.64 Å². The molecule has 0 bridgehead atoms. The molecule has 1 fully saturated rings. The van der Waals surface area contributed by atoms with Crippen molar-refractivity contribution < 1.29 is 14.5 Å². The Morgan fingerprint density at radius 2 is 2.08 bits per heavy atom. The smallest absolute Gasteiger partial charge is 0.321 e. The summed E-state index contributed by atoms with van der Waals surface area (Å²) >= 11 is 1.38. The average molecular weight is 351 g/mol. The van der Waals surface area contributed by atoms with E-state index in [1.54, 1.807) is 12.1 Å². The first-order valence-corrected chi connectivity index (χ1v) is 8.70. The molecular weight excluding hydrogens is 330 g/mol. The molecule has 1 aliphatic rings. The van der Waals surface area contributed by atoms with Crippen molar-refractivity contribution >= 4 is 34.3 Å². The molecule has 0 spiro atoms. The summed E-state index contributed by atoms with van der Waals surface area (Å²) in [6.45, 7) is 4.91. The number of benzene rings is 1. The number of amidine groups is 1. The number of nitro benzene ring substituents is 1. The highest BCUT2D eigenvalue weighted by atomic mass is 32.2. The highest BCUT2D eigenvalue weighted by Gasteiger charge is 2.41. The first-order valence-electron chi connectivity index (χ1n) is 7.82. The summed E-state index contributed by atoms with van der Waals surface area (Å²) in [5.74, 6) is -0.261. The zero-order chi connectivity index (χ0) is 17.7. The number of esters is 1. The molecule has 130 valence electrons. The number of aliphatic imine (C=N–C) groups is 1. The van der Waals surface area contributed by atoms with Crippen molar-refractivity contribution in [2.75, 3.05) is 13.7 Å². The molecule has 1 saturated heterocycles. The van der Waals surface area contributed by atoms with Crippen LogP contribution in [-0.2, 0) is 9.53 Å². The third kappa shape index (κ3) is 4.05. The van der Waals surface area contributed by atoms with Crippen LogP contribution in [0.3, 0.4) is 0 Å². The van der Waals surface area contributed by atoms with E-state index in [-0.39, 0.29) is 22.9 Å². The summed E-state index contributed by atoms with van der Waals surface area (Å²) in [6.07, 6.45) is 2.04. The zero-order valence-corrected chi connectivity index (χ0v) is 14.8. The fraction of sp³-hybridized carbons (Fsp3) is 0.500. The summed E-state index contributed by atoms with van der Waals surface area (Å²) in [5.41, 5.74) is 0.656. The van der Waals surface area contributed by atoms with Crippen LogP contribution in [-0.4, -0.2) is 45.9 Å². The number of carbonyl (C=O) groups excluding carboxylic acids is 1. The molecule has 0 N–H and O–H groups in total. The van der Waals surface area contributed by atoms with Gasteiger partial charge in [0, 0.05) is 18.7 Å². The molecule has 2 rings (SSSR count).